The minimum absolute atomic E-state index is 0.152. The normalized spacial score (nSPS) is 11.8. The summed E-state index contributed by atoms with van der Waals surface area (Å²) in [7, 11) is 0. The third kappa shape index (κ3) is 6.11. The van der Waals surface area contributed by atoms with Crippen molar-refractivity contribution in [1.82, 2.24) is 4.57 Å². The molecule has 0 radical (unpaired) electrons. The van der Waals surface area contributed by atoms with Crippen molar-refractivity contribution in [2.45, 2.75) is 60.1 Å². The molecule has 136 valence electrons. The molecule has 0 aromatic carbocycles. The van der Waals surface area contributed by atoms with Crippen LogP contribution in [0.2, 0.25) is 0 Å². The van der Waals surface area contributed by atoms with Crippen LogP contribution in [-0.4, -0.2) is 28.7 Å². The molecule has 0 saturated heterocycles. The molecule has 1 aromatic rings. The van der Waals surface area contributed by atoms with Gasteiger partial charge in [0.15, 0.2) is 6.61 Å². The minimum Gasteiger partial charge on any atom is -0.457 e. The van der Waals surface area contributed by atoms with Gasteiger partial charge in [-0.05, 0) is 58.7 Å². The van der Waals surface area contributed by atoms with Crippen LogP contribution < -0.4 is 0 Å². The summed E-state index contributed by atoms with van der Waals surface area (Å²) in [6.45, 7) is 11.5. The van der Waals surface area contributed by atoms with Crippen molar-refractivity contribution >= 4 is 18.0 Å². The Labute approximate surface area is 149 Å². The Kier molecular flexibility index (Phi) is 6.98. The van der Waals surface area contributed by atoms with Crippen LogP contribution in [0.25, 0.3) is 6.08 Å². The van der Waals surface area contributed by atoms with Gasteiger partial charge in [-0.2, -0.15) is 5.26 Å². The van der Waals surface area contributed by atoms with E-state index in [1.807, 2.05) is 26.0 Å². The van der Waals surface area contributed by atoms with E-state index in [-0.39, 0.29) is 5.57 Å². The molecule has 0 aliphatic heterocycles. The molecule has 0 saturated carbocycles. The van der Waals surface area contributed by atoms with Gasteiger partial charge in [0.1, 0.15) is 17.2 Å². The van der Waals surface area contributed by atoms with E-state index in [1.54, 1.807) is 20.8 Å². The number of ether oxygens (including phenoxy) is 2. The minimum atomic E-state index is -0.839. The lowest BCUT2D eigenvalue weighted by atomic mass is 10.1. The summed E-state index contributed by atoms with van der Waals surface area (Å²) in [6.07, 6.45) is 2.48. The second-order valence-electron chi connectivity index (χ2n) is 6.81. The number of esters is 2. The Balaban J connectivity index is 2.87. The largest absolute Gasteiger partial charge is 0.457 e. The van der Waals surface area contributed by atoms with Crippen molar-refractivity contribution in [3.8, 4) is 6.07 Å². The molecule has 0 spiro atoms. The fraction of sp³-hybridized carbons (Fsp3) is 0.526. The number of hydrogen-bond donors (Lipinski definition) is 0. The zero-order valence-electron chi connectivity index (χ0n) is 15.8. The topological polar surface area (TPSA) is 81.3 Å². The average Bonchev–Trinajstić information content (AvgIpc) is 2.76. The number of rotatable bonds is 6. The van der Waals surface area contributed by atoms with Gasteiger partial charge in [0.05, 0.1) is 0 Å². The van der Waals surface area contributed by atoms with Gasteiger partial charge in [-0.15, -0.1) is 0 Å². The lowest BCUT2D eigenvalue weighted by molar-refractivity contribution is -0.164. The van der Waals surface area contributed by atoms with E-state index in [0.717, 1.165) is 29.9 Å². The zero-order chi connectivity index (χ0) is 19.2. The maximum absolute atomic E-state index is 12.0. The summed E-state index contributed by atoms with van der Waals surface area (Å²) in [6, 6.07) is 3.76. The molecular weight excluding hydrogens is 320 g/mol. The fourth-order valence-corrected chi connectivity index (χ4v) is 2.41. The maximum atomic E-state index is 12.0. The smallest absolute Gasteiger partial charge is 0.349 e. The summed E-state index contributed by atoms with van der Waals surface area (Å²) < 4.78 is 12.1. The van der Waals surface area contributed by atoms with Gasteiger partial charge in [0.2, 0.25) is 0 Å². The average molecular weight is 346 g/mol. The van der Waals surface area contributed by atoms with E-state index in [0.29, 0.717) is 0 Å². The SMILES string of the molecule is CCCn1c(C)cc(/C=C(/C#N)C(=O)OCC(=O)OC(C)(C)C)c1C. The van der Waals surface area contributed by atoms with E-state index in [2.05, 4.69) is 11.5 Å². The van der Waals surface area contributed by atoms with Crippen LogP contribution >= 0.6 is 0 Å². The zero-order valence-corrected chi connectivity index (χ0v) is 15.8. The number of aryl methyl sites for hydroxylation is 1. The first-order valence-electron chi connectivity index (χ1n) is 8.26. The van der Waals surface area contributed by atoms with Crippen LogP contribution in [0.3, 0.4) is 0 Å². The van der Waals surface area contributed by atoms with Crippen molar-refractivity contribution in [3.63, 3.8) is 0 Å². The van der Waals surface area contributed by atoms with Crippen LogP contribution in [-0.2, 0) is 25.6 Å². The first-order valence-corrected chi connectivity index (χ1v) is 8.26. The first-order chi connectivity index (χ1) is 11.6. The summed E-state index contributed by atoms with van der Waals surface area (Å²) in [5.41, 5.74) is 2.02. The van der Waals surface area contributed by atoms with Crippen molar-refractivity contribution in [3.05, 3.63) is 28.6 Å². The summed E-state index contributed by atoms with van der Waals surface area (Å²) in [4.78, 5) is 23.7. The van der Waals surface area contributed by atoms with Crippen LogP contribution in [0.1, 0.15) is 51.1 Å². The van der Waals surface area contributed by atoms with Crippen molar-refractivity contribution < 1.29 is 19.1 Å². The number of carbonyl (C=O) groups excluding carboxylic acids is 2. The van der Waals surface area contributed by atoms with Crippen molar-refractivity contribution in [1.29, 1.82) is 5.26 Å². The Morgan fingerprint density at radius 2 is 1.96 bits per heavy atom. The molecule has 0 aliphatic carbocycles. The van der Waals surface area contributed by atoms with Gasteiger partial charge in [0.25, 0.3) is 0 Å². The second kappa shape index (κ2) is 8.52. The van der Waals surface area contributed by atoms with Gasteiger partial charge in [-0.3, -0.25) is 0 Å². The molecule has 1 heterocycles. The standard InChI is InChI=1S/C19H26N2O4/c1-7-8-21-13(2)9-15(14(21)3)10-16(11-20)18(23)24-12-17(22)25-19(4,5)6/h9-10H,7-8,12H2,1-6H3/b16-10-. The Morgan fingerprint density at radius 3 is 2.48 bits per heavy atom. The van der Waals surface area contributed by atoms with Crippen LogP contribution in [0.15, 0.2) is 11.6 Å². The van der Waals surface area contributed by atoms with E-state index < -0.39 is 24.1 Å². The van der Waals surface area contributed by atoms with Gasteiger partial charge in [-0.25, -0.2) is 9.59 Å². The molecular formula is C19H26N2O4. The van der Waals surface area contributed by atoms with Crippen LogP contribution in [0, 0.1) is 25.2 Å². The number of nitriles is 1. The lowest BCUT2D eigenvalue weighted by Crippen LogP contribution is -2.27. The summed E-state index contributed by atoms with van der Waals surface area (Å²) in [5, 5.41) is 9.24. The number of hydrogen-bond acceptors (Lipinski definition) is 5. The Bertz CT molecular complexity index is 715. The second-order valence-corrected chi connectivity index (χ2v) is 6.81. The van der Waals surface area contributed by atoms with Crippen LogP contribution in [0.5, 0.6) is 0 Å². The molecule has 6 nitrogen and oxygen atoms in total. The maximum Gasteiger partial charge on any atom is 0.349 e. The highest BCUT2D eigenvalue weighted by Gasteiger charge is 2.19. The fourth-order valence-electron chi connectivity index (χ4n) is 2.41. The van der Waals surface area contributed by atoms with Gasteiger partial charge < -0.3 is 14.0 Å². The molecule has 1 rings (SSSR count). The molecule has 0 unspecified atom stereocenters. The summed E-state index contributed by atoms with van der Waals surface area (Å²) in [5.74, 6) is -1.49. The lowest BCUT2D eigenvalue weighted by Gasteiger charge is -2.19. The number of carbonyl (C=O) groups is 2. The quantitative estimate of drug-likeness (QED) is 0.448. The third-order valence-corrected chi connectivity index (χ3v) is 3.44. The Hall–Kier alpha value is -2.55. The third-order valence-electron chi connectivity index (χ3n) is 3.44. The number of aromatic nitrogens is 1. The predicted octanol–water partition coefficient (Wildman–Crippen LogP) is 3.31. The predicted molar refractivity (Wildman–Crippen MR) is 94.6 cm³/mol. The number of nitrogens with zero attached hydrogens (tertiary/aromatic N) is 2. The molecule has 0 aliphatic rings. The molecule has 0 N–H and O–H groups in total. The van der Waals surface area contributed by atoms with Crippen LogP contribution in [0.4, 0.5) is 0 Å². The van der Waals surface area contributed by atoms with Gasteiger partial charge >= 0.3 is 11.9 Å². The first kappa shape index (κ1) is 20.5. The monoisotopic (exact) mass is 346 g/mol. The van der Waals surface area contributed by atoms with E-state index in [9.17, 15) is 14.9 Å². The molecule has 0 fully saturated rings. The Morgan fingerprint density at radius 1 is 1.32 bits per heavy atom. The van der Waals surface area contributed by atoms with Crippen molar-refractivity contribution in [2.75, 3.05) is 6.61 Å². The van der Waals surface area contributed by atoms with Gasteiger partial charge in [-0.1, -0.05) is 6.92 Å². The molecule has 0 amide bonds. The van der Waals surface area contributed by atoms with Gasteiger partial charge in [0, 0.05) is 17.9 Å². The highest BCUT2D eigenvalue weighted by Crippen LogP contribution is 2.19. The highest BCUT2D eigenvalue weighted by molar-refractivity contribution is 5.98. The molecule has 1 aromatic heterocycles. The molecule has 6 heteroatoms. The van der Waals surface area contributed by atoms with E-state index in [4.69, 9.17) is 9.47 Å². The highest BCUT2D eigenvalue weighted by atomic mass is 16.6. The van der Waals surface area contributed by atoms with Crippen molar-refractivity contribution in [2.24, 2.45) is 0 Å². The molecule has 0 bridgehead atoms. The molecule has 25 heavy (non-hydrogen) atoms. The molecule has 0 atom stereocenters. The van der Waals surface area contributed by atoms with E-state index in [1.165, 1.54) is 6.08 Å². The summed E-state index contributed by atoms with van der Waals surface area (Å²) >= 11 is 0. The van der Waals surface area contributed by atoms with E-state index >= 15 is 0 Å².